The van der Waals surface area contributed by atoms with Crippen LogP contribution in [0.2, 0.25) is 0 Å². The van der Waals surface area contributed by atoms with Crippen molar-refractivity contribution in [1.82, 2.24) is 0 Å². The van der Waals surface area contributed by atoms with E-state index in [1.165, 1.54) is 24.3 Å². The molecule has 17 heavy (non-hydrogen) atoms. The number of rotatable bonds is 6. The Morgan fingerprint density at radius 3 is 2.41 bits per heavy atom. The van der Waals surface area contributed by atoms with Gasteiger partial charge in [-0.25, -0.2) is 4.39 Å². The number of benzene rings is 1. The second-order valence-electron chi connectivity index (χ2n) is 4.29. The van der Waals surface area contributed by atoms with Gasteiger partial charge in [-0.05, 0) is 24.5 Å². The monoisotopic (exact) mass is 241 g/mol. The molecule has 0 spiro atoms. The van der Waals surface area contributed by atoms with Crippen molar-refractivity contribution in [3.05, 3.63) is 34.4 Å². The number of alkyl halides is 1. The molecule has 0 heterocycles. The highest BCUT2D eigenvalue weighted by Crippen LogP contribution is 2.18. The van der Waals surface area contributed by atoms with Crippen LogP contribution in [0.1, 0.15) is 20.3 Å². The Morgan fingerprint density at radius 1 is 1.35 bits per heavy atom. The molecule has 1 aromatic carbocycles. The van der Waals surface area contributed by atoms with E-state index in [1.54, 1.807) is 0 Å². The van der Waals surface area contributed by atoms with E-state index in [1.807, 2.05) is 13.8 Å². The molecule has 0 bridgehead atoms. The molecule has 0 N–H and O–H groups in total. The lowest BCUT2D eigenvalue weighted by molar-refractivity contribution is -0.384. The maximum Gasteiger partial charge on any atom is 0.269 e. The highest BCUT2D eigenvalue weighted by molar-refractivity contribution is 5.35. The number of nitro benzene ring substituents is 1. The van der Waals surface area contributed by atoms with E-state index in [0.717, 1.165) is 0 Å². The summed E-state index contributed by atoms with van der Waals surface area (Å²) in [7, 11) is 0. The summed E-state index contributed by atoms with van der Waals surface area (Å²) >= 11 is 0. The number of hydrogen-bond donors (Lipinski definition) is 0. The molecule has 0 aliphatic heterocycles. The Bertz CT molecular complexity index is 365. The van der Waals surface area contributed by atoms with Crippen LogP contribution < -0.4 is 4.74 Å². The van der Waals surface area contributed by atoms with Gasteiger partial charge in [0.15, 0.2) is 0 Å². The van der Waals surface area contributed by atoms with Gasteiger partial charge >= 0.3 is 0 Å². The molecule has 0 aliphatic carbocycles. The van der Waals surface area contributed by atoms with Crippen LogP contribution in [0.4, 0.5) is 10.1 Å². The van der Waals surface area contributed by atoms with Crippen LogP contribution >= 0.6 is 0 Å². The molecule has 0 unspecified atom stereocenters. The quantitative estimate of drug-likeness (QED) is 0.566. The van der Waals surface area contributed by atoms with Crippen LogP contribution in [0.25, 0.3) is 0 Å². The van der Waals surface area contributed by atoms with E-state index < -0.39 is 11.1 Å². The molecule has 0 aromatic heterocycles. The van der Waals surface area contributed by atoms with Crippen molar-refractivity contribution in [2.24, 2.45) is 5.92 Å². The molecule has 0 fully saturated rings. The summed E-state index contributed by atoms with van der Waals surface area (Å²) in [6.45, 7) is 3.87. The Morgan fingerprint density at radius 2 is 1.94 bits per heavy atom. The van der Waals surface area contributed by atoms with Gasteiger partial charge in [0.05, 0.1) is 4.92 Å². The first-order valence-corrected chi connectivity index (χ1v) is 5.50. The van der Waals surface area contributed by atoms with Crippen LogP contribution in [0, 0.1) is 16.0 Å². The molecule has 1 atom stereocenters. The molecular weight excluding hydrogens is 225 g/mol. The summed E-state index contributed by atoms with van der Waals surface area (Å²) in [5, 5.41) is 10.4. The predicted molar refractivity (Wildman–Crippen MR) is 62.9 cm³/mol. The predicted octanol–water partition coefficient (Wildman–Crippen LogP) is 3.36. The first-order chi connectivity index (χ1) is 7.99. The summed E-state index contributed by atoms with van der Waals surface area (Å²) in [5.41, 5.74) is -0.00340. The Kier molecular flexibility index (Phi) is 4.87. The lowest BCUT2D eigenvalue weighted by atomic mass is 10.1. The maximum absolute atomic E-state index is 13.3. The van der Waals surface area contributed by atoms with Gasteiger partial charge in [-0.2, -0.15) is 0 Å². The second-order valence-corrected chi connectivity index (χ2v) is 4.29. The van der Waals surface area contributed by atoms with Crippen LogP contribution in [0.15, 0.2) is 24.3 Å². The number of nitro groups is 1. The largest absolute Gasteiger partial charge is 0.491 e. The fraction of sp³-hybridized carbons (Fsp3) is 0.500. The van der Waals surface area contributed by atoms with E-state index in [9.17, 15) is 14.5 Å². The molecule has 1 rings (SSSR count). The normalized spacial score (nSPS) is 12.5. The summed E-state index contributed by atoms with van der Waals surface area (Å²) in [5.74, 6) is 0.729. The molecular formula is C12H16FNO3. The molecule has 94 valence electrons. The van der Waals surface area contributed by atoms with E-state index >= 15 is 0 Å². The van der Waals surface area contributed by atoms with Crippen LogP contribution in [0.5, 0.6) is 5.75 Å². The van der Waals surface area contributed by atoms with E-state index in [2.05, 4.69) is 0 Å². The third kappa shape index (κ3) is 4.80. The molecule has 0 saturated carbocycles. The lowest BCUT2D eigenvalue weighted by Crippen LogP contribution is -2.15. The number of ether oxygens (including phenoxy) is 1. The fourth-order valence-corrected chi connectivity index (χ4v) is 1.43. The standard InChI is InChI=1S/C12H16FNO3/c1-9(2)7-10(13)8-17-12-5-3-11(4-6-12)14(15)16/h3-6,9-10H,7-8H2,1-2H3/t10-/m1/s1. The highest BCUT2D eigenvalue weighted by atomic mass is 19.1. The second kappa shape index (κ2) is 6.18. The maximum atomic E-state index is 13.3. The molecule has 1 aromatic rings. The first-order valence-electron chi connectivity index (χ1n) is 5.50. The van der Waals surface area contributed by atoms with E-state index in [-0.39, 0.29) is 18.2 Å². The Hall–Kier alpha value is -1.65. The third-order valence-electron chi connectivity index (χ3n) is 2.21. The van der Waals surface area contributed by atoms with Gasteiger partial charge in [0.25, 0.3) is 5.69 Å². The summed E-state index contributed by atoms with van der Waals surface area (Å²) in [6, 6.07) is 5.62. The molecule has 4 nitrogen and oxygen atoms in total. The lowest BCUT2D eigenvalue weighted by Gasteiger charge is -2.12. The van der Waals surface area contributed by atoms with Crippen molar-refractivity contribution in [3.8, 4) is 5.75 Å². The van der Waals surface area contributed by atoms with Crippen LogP contribution in [0.3, 0.4) is 0 Å². The highest BCUT2D eigenvalue weighted by Gasteiger charge is 2.10. The zero-order valence-corrected chi connectivity index (χ0v) is 9.93. The van der Waals surface area contributed by atoms with Crippen LogP contribution in [-0.4, -0.2) is 17.7 Å². The van der Waals surface area contributed by atoms with E-state index in [4.69, 9.17) is 4.74 Å². The van der Waals surface area contributed by atoms with E-state index in [0.29, 0.717) is 12.2 Å². The van der Waals surface area contributed by atoms with Gasteiger partial charge in [0, 0.05) is 12.1 Å². The van der Waals surface area contributed by atoms with Gasteiger partial charge in [0.2, 0.25) is 0 Å². The minimum Gasteiger partial charge on any atom is -0.491 e. The van der Waals surface area contributed by atoms with Gasteiger partial charge < -0.3 is 4.74 Å². The molecule has 5 heteroatoms. The van der Waals surface area contributed by atoms with Gasteiger partial charge in [0.1, 0.15) is 18.5 Å². The zero-order chi connectivity index (χ0) is 12.8. The minimum atomic E-state index is -1.01. The van der Waals surface area contributed by atoms with Crippen molar-refractivity contribution < 1.29 is 14.1 Å². The Labute approximate surface area is 99.6 Å². The summed E-state index contributed by atoms with van der Waals surface area (Å²) in [6.07, 6.45) is -0.558. The zero-order valence-electron chi connectivity index (χ0n) is 9.93. The Balaban J connectivity index is 2.44. The van der Waals surface area contributed by atoms with Crippen molar-refractivity contribution in [2.45, 2.75) is 26.4 Å². The van der Waals surface area contributed by atoms with Crippen molar-refractivity contribution in [1.29, 1.82) is 0 Å². The molecule has 0 saturated heterocycles. The number of halogens is 1. The smallest absolute Gasteiger partial charge is 0.269 e. The minimum absolute atomic E-state index is 0.00340. The molecule has 0 aliphatic rings. The topological polar surface area (TPSA) is 52.4 Å². The number of nitrogens with zero attached hydrogens (tertiary/aromatic N) is 1. The summed E-state index contributed by atoms with van der Waals surface area (Å²) < 4.78 is 18.5. The third-order valence-corrected chi connectivity index (χ3v) is 2.21. The fourth-order valence-electron chi connectivity index (χ4n) is 1.43. The number of hydrogen-bond acceptors (Lipinski definition) is 3. The van der Waals surface area contributed by atoms with Gasteiger partial charge in [-0.15, -0.1) is 0 Å². The van der Waals surface area contributed by atoms with Gasteiger partial charge in [-0.1, -0.05) is 13.8 Å². The SMILES string of the molecule is CC(C)C[C@@H](F)COc1ccc([N+](=O)[O-])cc1. The van der Waals surface area contributed by atoms with Crippen LogP contribution in [-0.2, 0) is 0 Å². The summed E-state index contributed by atoms with van der Waals surface area (Å²) in [4.78, 5) is 9.92. The molecule has 0 amide bonds. The average molecular weight is 241 g/mol. The average Bonchev–Trinajstić information content (AvgIpc) is 2.26. The number of non-ortho nitro benzene ring substituents is 1. The van der Waals surface area contributed by atoms with Crippen molar-refractivity contribution in [2.75, 3.05) is 6.61 Å². The first kappa shape index (κ1) is 13.4. The van der Waals surface area contributed by atoms with Gasteiger partial charge in [-0.3, -0.25) is 10.1 Å². The molecule has 0 radical (unpaired) electrons. The van der Waals surface area contributed by atoms with Crippen molar-refractivity contribution >= 4 is 5.69 Å². The van der Waals surface area contributed by atoms with Crippen molar-refractivity contribution in [3.63, 3.8) is 0 Å².